The number of rotatable bonds is 6. The number of hydrogen-bond donors (Lipinski definition) is 1. The molecule has 0 radical (unpaired) electrons. The first-order chi connectivity index (χ1) is 10.7. The van der Waals surface area contributed by atoms with Crippen LogP contribution in [-0.2, 0) is 4.79 Å². The average Bonchev–Trinajstić information content (AvgIpc) is 2.70. The molecule has 124 valence electrons. The van der Waals surface area contributed by atoms with Crippen molar-refractivity contribution in [3.05, 3.63) is 34.3 Å². The molecular weight excluding hydrogens is 360 g/mol. The van der Waals surface area contributed by atoms with Crippen molar-refractivity contribution in [2.75, 3.05) is 6.54 Å². The smallest absolute Gasteiger partial charge is 0.323 e. The summed E-state index contributed by atoms with van der Waals surface area (Å²) < 4.78 is 0.866. The summed E-state index contributed by atoms with van der Waals surface area (Å²) in [6.45, 7) is 5.63. The Kier molecular flexibility index (Phi) is 5.24. The molecule has 0 unspecified atom stereocenters. The molecule has 5 nitrogen and oxygen atoms in total. The minimum Gasteiger partial charge on any atom is -0.323 e. The van der Waals surface area contributed by atoms with Gasteiger partial charge in [0.05, 0.1) is 6.54 Å². The lowest BCUT2D eigenvalue weighted by atomic mass is 9.92. The maximum Gasteiger partial charge on any atom is 0.325 e. The molecule has 0 aliphatic carbocycles. The van der Waals surface area contributed by atoms with E-state index in [1.807, 2.05) is 0 Å². The minimum absolute atomic E-state index is 0.233. The van der Waals surface area contributed by atoms with E-state index in [9.17, 15) is 14.4 Å². The molecule has 1 aromatic rings. The van der Waals surface area contributed by atoms with E-state index in [2.05, 4.69) is 35.1 Å². The van der Waals surface area contributed by atoms with E-state index >= 15 is 0 Å². The van der Waals surface area contributed by atoms with Crippen molar-refractivity contribution >= 4 is 33.7 Å². The van der Waals surface area contributed by atoms with Crippen molar-refractivity contribution in [2.24, 2.45) is 5.92 Å². The lowest BCUT2D eigenvalue weighted by Crippen LogP contribution is -2.44. The fourth-order valence-electron chi connectivity index (χ4n) is 2.51. The van der Waals surface area contributed by atoms with E-state index in [1.54, 1.807) is 31.2 Å². The second kappa shape index (κ2) is 6.83. The monoisotopic (exact) mass is 380 g/mol. The molecule has 6 heteroatoms. The summed E-state index contributed by atoms with van der Waals surface area (Å²) in [6.07, 6.45) is 1.40. The number of halogens is 1. The quantitative estimate of drug-likeness (QED) is 0.607. The SMILES string of the molecule is CC(C)CC[C@]1(C)NC(=O)N(CC(=O)c2ccc(Br)cc2)C1=O. The summed E-state index contributed by atoms with van der Waals surface area (Å²) in [7, 11) is 0. The summed E-state index contributed by atoms with van der Waals surface area (Å²) in [6, 6.07) is 6.36. The highest BCUT2D eigenvalue weighted by molar-refractivity contribution is 9.10. The van der Waals surface area contributed by atoms with Gasteiger partial charge < -0.3 is 5.32 Å². The zero-order valence-corrected chi connectivity index (χ0v) is 15.1. The third-order valence-corrected chi connectivity index (χ3v) is 4.56. The van der Waals surface area contributed by atoms with Gasteiger partial charge >= 0.3 is 6.03 Å². The van der Waals surface area contributed by atoms with Crippen molar-refractivity contribution in [1.29, 1.82) is 0 Å². The fourth-order valence-corrected chi connectivity index (χ4v) is 2.77. The highest BCUT2D eigenvalue weighted by Crippen LogP contribution is 2.25. The predicted molar refractivity (Wildman–Crippen MR) is 91.2 cm³/mol. The molecule has 2 rings (SSSR count). The summed E-state index contributed by atoms with van der Waals surface area (Å²) in [4.78, 5) is 38.0. The first-order valence-corrected chi connectivity index (χ1v) is 8.45. The van der Waals surface area contributed by atoms with Crippen LogP contribution in [0.4, 0.5) is 4.79 Å². The Morgan fingerprint density at radius 2 is 1.87 bits per heavy atom. The number of urea groups is 1. The van der Waals surface area contributed by atoms with Crippen LogP contribution in [0.2, 0.25) is 0 Å². The van der Waals surface area contributed by atoms with Gasteiger partial charge in [-0.25, -0.2) is 4.79 Å². The number of benzene rings is 1. The number of ketones is 1. The van der Waals surface area contributed by atoms with Gasteiger partial charge in [0.15, 0.2) is 5.78 Å². The van der Waals surface area contributed by atoms with E-state index in [4.69, 9.17) is 0 Å². The zero-order chi connectivity index (χ0) is 17.2. The Labute approximate surface area is 144 Å². The molecule has 0 aromatic heterocycles. The lowest BCUT2D eigenvalue weighted by Gasteiger charge is -2.22. The average molecular weight is 381 g/mol. The Hall–Kier alpha value is -1.69. The minimum atomic E-state index is -0.915. The number of carbonyl (C=O) groups excluding carboxylic acids is 3. The summed E-state index contributed by atoms with van der Waals surface area (Å²) in [5, 5.41) is 2.73. The van der Waals surface area contributed by atoms with Crippen LogP contribution in [0.25, 0.3) is 0 Å². The topological polar surface area (TPSA) is 66.5 Å². The van der Waals surface area contributed by atoms with Crippen LogP contribution >= 0.6 is 15.9 Å². The Bertz CT molecular complexity index is 627. The zero-order valence-electron chi connectivity index (χ0n) is 13.6. The van der Waals surface area contributed by atoms with Crippen LogP contribution in [0.5, 0.6) is 0 Å². The fraction of sp³-hybridized carbons (Fsp3) is 0.471. The predicted octanol–water partition coefficient (Wildman–Crippen LogP) is 3.38. The van der Waals surface area contributed by atoms with Crippen LogP contribution in [0.15, 0.2) is 28.7 Å². The van der Waals surface area contributed by atoms with Crippen molar-refractivity contribution in [1.82, 2.24) is 10.2 Å². The molecule has 23 heavy (non-hydrogen) atoms. The molecule has 1 aliphatic rings. The van der Waals surface area contributed by atoms with E-state index in [1.165, 1.54) is 0 Å². The Morgan fingerprint density at radius 1 is 1.26 bits per heavy atom. The van der Waals surface area contributed by atoms with Crippen LogP contribution < -0.4 is 5.32 Å². The van der Waals surface area contributed by atoms with Crippen molar-refractivity contribution < 1.29 is 14.4 Å². The van der Waals surface area contributed by atoms with Crippen LogP contribution in [0.3, 0.4) is 0 Å². The Morgan fingerprint density at radius 3 is 2.43 bits per heavy atom. The molecule has 1 aromatic carbocycles. The number of amides is 3. The highest BCUT2D eigenvalue weighted by atomic mass is 79.9. The van der Waals surface area contributed by atoms with Crippen molar-refractivity contribution in [3.63, 3.8) is 0 Å². The van der Waals surface area contributed by atoms with E-state index in [-0.39, 0.29) is 18.2 Å². The van der Waals surface area contributed by atoms with Gasteiger partial charge in [0.2, 0.25) is 0 Å². The van der Waals surface area contributed by atoms with Gasteiger partial charge in [0.1, 0.15) is 5.54 Å². The molecule has 1 saturated heterocycles. The largest absolute Gasteiger partial charge is 0.325 e. The number of hydrogen-bond acceptors (Lipinski definition) is 3. The van der Waals surface area contributed by atoms with Gasteiger partial charge in [0.25, 0.3) is 5.91 Å². The molecule has 0 bridgehead atoms. The maximum absolute atomic E-state index is 12.6. The normalized spacial score (nSPS) is 21.0. The number of Topliss-reactive ketones (excluding diaryl/α,β-unsaturated/α-hetero) is 1. The molecular formula is C17H21BrN2O3. The van der Waals surface area contributed by atoms with Crippen molar-refractivity contribution in [2.45, 2.75) is 39.2 Å². The highest BCUT2D eigenvalue weighted by Gasteiger charge is 2.47. The number of imide groups is 1. The molecule has 1 aliphatic heterocycles. The van der Waals surface area contributed by atoms with Gasteiger partial charge in [0, 0.05) is 10.0 Å². The molecule has 1 atom stereocenters. The van der Waals surface area contributed by atoms with Crippen molar-refractivity contribution in [3.8, 4) is 0 Å². The number of carbonyl (C=O) groups is 3. The van der Waals surface area contributed by atoms with Gasteiger partial charge in [-0.1, -0.05) is 41.9 Å². The third kappa shape index (κ3) is 3.99. The van der Waals surface area contributed by atoms with Gasteiger partial charge in [-0.2, -0.15) is 0 Å². The number of nitrogens with one attached hydrogen (secondary N) is 1. The van der Waals surface area contributed by atoms with Gasteiger partial charge in [-0.3, -0.25) is 14.5 Å². The molecule has 0 saturated carbocycles. The molecule has 0 spiro atoms. The van der Waals surface area contributed by atoms with Crippen LogP contribution in [-0.4, -0.2) is 34.7 Å². The third-order valence-electron chi connectivity index (χ3n) is 4.03. The summed E-state index contributed by atoms with van der Waals surface area (Å²) in [5.41, 5.74) is -0.439. The summed E-state index contributed by atoms with van der Waals surface area (Å²) >= 11 is 3.31. The molecule has 1 N–H and O–H groups in total. The lowest BCUT2D eigenvalue weighted by molar-refractivity contribution is -0.130. The Balaban J connectivity index is 2.08. The van der Waals surface area contributed by atoms with Gasteiger partial charge in [-0.05, 0) is 37.8 Å². The van der Waals surface area contributed by atoms with Gasteiger partial charge in [-0.15, -0.1) is 0 Å². The number of nitrogens with zero attached hydrogens (tertiary/aromatic N) is 1. The van der Waals surface area contributed by atoms with E-state index in [0.717, 1.165) is 15.8 Å². The second-order valence-corrected chi connectivity index (χ2v) is 7.43. The molecule has 3 amide bonds. The van der Waals surface area contributed by atoms with E-state index in [0.29, 0.717) is 17.9 Å². The first kappa shape index (κ1) is 17.7. The second-order valence-electron chi connectivity index (χ2n) is 6.52. The standard InChI is InChI=1S/C17H21BrN2O3/c1-11(2)8-9-17(3)15(22)20(16(23)19-17)10-14(21)12-4-6-13(18)7-5-12/h4-7,11H,8-10H2,1-3H3,(H,19,23)/t17-/m0/s1. The van der Waals surface area contributed by atoms with E-state index < -0.39 is 11.6 Å². The molecule has 1 fully saturated rings. The first-order valence-electron chi connectivity index (χ1n) is 7.66. The van der Waals surface area contributed by atoms with Crippen LogP contribution in [0.1, 0.15) is 44.0 Å². The van der Waals surface area contributed by atoms with Crippen LogP contribution in [0, 0.1) is 5.92 Å². The maximum atomic E-state index is 12.6. The molecule has 1 heterocycles. The summed E-state index contributed by atoms with van der Waals surface area (Å²) in [5.74, 6) is -0.141.